The van der Waals surface area contributed by atoms with Gasteiger partial charge >= 0.3 is 58.8 Å². The fourth-order valence-electron chi connectivity index (χ4n) is 5.52. The van der Waals surface area contributed by atoms with Crippen molar-refractivity contribution in [1.82, 2.24) is 9.78 Å². The molecular weight excluding hydrogens is 1060 g/mol. The van der Waals surface area contributed by atoms with Crippen molar-refractivity contribution in [1.29, 1.82) is 0 Å². The maximum atomic E-state index is 12.2. The Kier molecular flexibility index (Phi) is 22.9. The summed E-state index contributed by atoms with van der Waals surface area (Å²) in [7, 11) is -19.5. The number of carbonyl (C=O) groups is 4. The van der Waals surface area contributed by atoms with Gasteiger partial charge in [0.05, 0.1) is 49.9 Å². The minimum atomic E-state index is -6.85. The number of phenols is 1. The summed E-state index contributed by atoms with van der Waals surface area (Å²) in [6, 6.07) is 7.03. The molecule has 2 aromatic rings. The standard InChI is InChI=1S/C19H22N2O4.C9H11F3O6S.C8H12O4.C2F6O5S2/c1-13(2)21-17(6-8-20-21)16-12-24-9-7-14(16)11-25-19-5-3-4-18(23)15(19)10-22;1-2-17-8(13)6-3-4-16-5-7(6)18-19(14,15)9(10,11)12;1-2-12-8(10)6-3-4-11-5-7(6)9;3-1(4,5)14(9,10)13-15(11,12)2(6,7)8/h3-6,8,10,13,23H,7,9,11-12H2,1-2H3;2-5H2,1H3;6H,2-5H2,1H3;. The van der Waals surface area contributed by atoms with E-state index in [1.807, 2.05) is 14.4 Å². The molecule has 0 aliphatic carbocycles. The van der Waals surface area contributed by atoms with Gasteiger partial charge in [-0.3, -0.25) is 19.1 Å². The average molecular weight is 1100 g/mol. The number of aldehydes is 1. The van der Waals surface area contributed by atoms with Crippen LogP contribution in [-0.2, 0) is 76.2 Å². The molecule has 1 N–H and O–H groups in total. The predicted octanol–water partition coefficient (Wildman–Crippen LogP) is 5.18. The summed E-state index contributed by atoms with van der Waals surface area (Å²) in [5.74, 6) is -2.47. The van der Waals surface area contributed by atoms with E-state index in [9.17, 15) is 89.1 Å². The molecule has 0 amide bonds. The van der Waals surface area contributed by atoms with E-state index in [0.717, 1.165) is 23.3 Å². The first-order valence-electron chi connectivity index (χ1n) is 20.1. The zero-order chi connectivity index (χ0) is 54.2. The number of alkyl halides is 9. The average Bonchev–Trinajstić information content (AvgIpc) is 3.76. The molecule has 0 bridgehead atoms. The second-order valence-electron chi connectivity index (χ2n) is 14.1. The van der Waals surface area contributed by atoms with Crippen molar-refractivity contribution in [2.24, 2.45) is 5.92 Å². The normalized spacial score (nSPS) is 17.1. The molecule has 5 rings (SSSR count). The van der Waals surface area contributed by atoms with Crippen molar-refractivity contribution < 1.29 is 125 Å². The zero-order valence-electron chi connectivity index (χ0n) is 37.4. The Morgan fingerprint density at radius 3 is 1.92 bits per heavy atom. The van der Waals surface area contributed by atoms with Gasteiger partial charge in [0, 0.05) is 30.8 Å². The molecule has 4 heterocycles. The van der Waals surface area contributed by atoms with Crippen LogP contribution in [-0.4, -0.2) is 140 Å². The molecule has 402 valence electrons. The van der Waals surface area contributed by atoms with Crippen LogP contribution >= 0.6 is 0 Å². The van der Waals surface area contributed by atoms with E-state index >= 15 is 0 Å². The van der Waals surface area contributed by atoms with Crippen molar-refractivity contribution >= 4 is 59.9 Å². The van der Waals surface area contributed by atoms with Crippen LogP contribution in [0.2, 0.25) is 0 Å². The fraction of sp³-hybridized carbons (Fsp3) is 0.553. The van der Waals surface area contributed by atoms with E-state index in [4.69, 9.17) is 23.7 Å². The summed E-state index contributed by atoms with van der Waals surface area (Å²) in [6.07, 6.45) is 3.53. The van der Waals surface area contributed by atoms with Gasteiger partial charge in [0.25, 0.3) is 0 Å². The Balaban J connectivity index is 0.000000337. The van der Waals surface area contributed by atoms with Crippen LogP contribution in [0.5, 0.6) is 11.5 Å². The number of ether oxygens (including phenoxy) is 6. The third-order valence-corrected chi connectivity index (χ3v) is 12.4. The molecular formula is C38H45F9N2O19S3. The summed E-state index contributed by atoms with van der Waals surface area (Å²) >= 11 is 0. The van der Waals surface area contributed by atoms with Crippen LogP contribution in [0.25, 0.3) is 5.57 Å². The van der Waals surface area contributed by atoms with Gasteiger partial charge in [0.1, 0.15) is 37.2 Å². The topological polar surface area (TPSA) is 283 Å². The molecule has 0 radical (unpaired) electrons. The molecule has 1 fully saturated rings. The minimum Gasteiger partial charge on any atom is -0.507 e. The molecule has 1 aromatic carbocycles. The van der Waals surface area contributed by atoms with Crippen molar-refractivity contribution in [2.45, 2.75) is 69.5 Å². The first kappa shape index (κ1) is 61.8. The first-order chi connectivity index (χ1) is 32.8. The lowest BCUT2D eigenvalue weighted by Gasteiger charge is -2.23. The Labute approximate surface area is 399 Å². The van der Waals surface area contributed by atoms with E-state index < -0.39 is 77.1 Å². The second kappa shape index (κ2) is 26.4. The van der Waals surface area contributed by atoms with Gasteiger partial charge in [-0.05, 0) is 64.3 Å². The van der Waals surface area contributed by atoms with Crippen LogP contribution < -0.4 is 4.74 Å². The smallest absolute Gasteiger partial charge is 0.507 e. The van der Waals surface area contributed by atoms with E-state index in [0.29, 0.717) is 51.5 Å². The third kappa shape index (κ3) is 18.0. The Bertz CT molecular complexity index is 2530. The summed E-state index contributed by atoms with van der Waals surface area (Å²) in [6.45, 7) is 9.25. The fourth-order valence-corrected chi connectivity index (χ4v) is 7.59. The Morgan fingerprint density at radius 1 is 0.817 bits per heavy atom. The number of ketones is 1. The van der Waals surface area contributed by atoms with Crippen LogP contribution in [0, 0.1) is 5.92 Å². The number of nitrogens with zero attached hydrogens (tertiary/aromatic N) is 2. The highest BCUT2D eigenvalue weighted by atomic mass is 32.3. The molecule has 21 nitrogen and oxygen atoms in total. The van der Waals surface area contributed by atoms with Crippen molar-refractivity contribution in [3.63, 3.8) is 0 Å². The van der Waals surface area contributed by atoms with Crippen molar-refractivity contribution in [2.75, 3.05) is 59.5 Å². The van der Waals surface area contributed by atoms with Gasteiger partial charge in [-0.1, -0.05) is 6.07 Å². The number of carbonyl (C=O) groups excluding carboxylic acids is 4. The predicted molar refractivity (Wildman–Crippen MR) is 221 cm³/mol. The Hall–Kier alpha value is -5.35. The summed E-state index contributed by atoms with van der Waals surface area (Å²) in [5, 5.41) is 14.2. The Morgan fingerprint density at radius 2 is 1.38 bits per heavy atom. The number of esters is 2. The molecule has 1 atom stereocenters. The summed E-state index contributed by atoms with van der Waals surface area (Å²) in [4.78, 5) is 44.8. The van der Waals surface area contributed by atoms with Crippen LogP contribution in [0.4, 0.5) is 39.5 Å². The zero-order valence-corrected chi connectivity index (χ0v) is 39.9. The summed E-state index contributed by atoms with van der Waals surface area (Å²) < 4.78 is 205. The highest BCUT2D eigenvalue weighted by Gasteiger charge is 2.57. The highest BCUT2D eigenvalue weighted by molar-refractivity contribution is 8.00. The van der Waals surface area contributed by atoms with Crippen LogP contribution in [0.15, 0.2) is 47.4 Å². The number of aromatic nitrogens is 2. The highest BCUT2D eigenvalue weighted by Crippen LogP contribution is 2.33. The molecule has 0 saturated carbocycles. The number of Topliss-reactive ketones (excluding diaryl/α,β-unsaturated/α-hetero) is 1. The number of benzene rings is 1. The van der Waals surface area contributed by atoms with Gasteiger partial charge in [0.2, 0.25) is 0 Å². The number of halogens is 9. The van der Waals surface area contributed by atoms with Gasteiger partial charge in [0.15, 0.2) is 17.8 Å². The molecule has 3 aliphatic rings. The van der Waals surface area contributed by atoms with E-state index in [1.165, 1.54) is 13.0 Å². The van der Waals surface area contributed by atoms with E-state index in [1.54, 1.807) is 25.3 Å². The maximum Gasteiger partial charge on any atom is 0.534 e. The third-order valence-electron chi connectivity index (χ3n) is 8.84. The first-order valence-corrected chi connectivity index (χ1v) is 24.3. The monoisotopic (exact) mass is 1100 g/mol. The minimum absolute atomic E-state index is 0.00247. The molecule has 1 aromatic heterocycles. The second-order valence-corrected chi connectivity index (χ2v) is 18.9. The quantitative estimate of drug-likeness (QED) is 0.0636. The SMILES string of the molecule is CC(C)n1nccc1C1=C(COc2cccc(O)c2C=O)CCOC1.CCOC(=O)C1=C(OS(=O)(=O)C(F)(F)F)COCC1.CCOC(=O)C1CCOCC1=O.O=S(=O)(OS(=O)(=O)C(F)(F)F)C(F)(F)F. The maximum absolute atomic E-state index is 12.2. The number of hydrogen-bond donors (Lipinski definition) is 1. The number of hydrogen-bond acceptors (Lipinski definition) is 20. The lowest BCUT2D eigenvalue weighted by atomic mass is 9.99. The lowest BCUT2D eigenvalue weighted by Crippen LogP contribution is -2.34. The van der Waals surface area contributed by atoms with Gasteiger partial charge < -0.3 is 37.7 Å². The number of rotatable bonds is 14. The van der Waals surface area contributed by atoms with Crippen LogP contribution in [0.1, 0.15) is 69.1 Å². The van der Waals surface area contributed by atoms with Crippen LogP contribution in [0.3, 0.4) is 0 Å². The molecule has 71 heavy (non-hydrogen) atoms. The number of aromatic hydroxyl groups is 1. The lowest BCUT2D eigenvalue weighted by molar-refractivity contribution is -0.156. The van der Waals surface area contributed by atoms with Crippen molar-refractivity contribution in [3.8, 4) is 11.5 Å². The largest absolute Gasteiger partial charge is 0.534 e. The molecule has 0 spiro atoms. The molecule has 1 unspecified atom stereocenters. The van der Waals surface area contributed by atoms with E-state index in [2.05, 4.69) is 27.9 Å². The van der Waals surface area contributed by atoms with Crippen molar-refractivity contribution in [3.05, 3.63) is 58.6 Å². The van der Waals surface area contributed by atoms with Gasteiger partial charge in [-0.15, -0.1) is 3.63 Å². The molecule has 1 saturated heterocycles. The van der Waals surface area contributed by atoms with E-state index in [-0.39, 0.29) is 55.0 Å². The molecule has 3 aliphatic heterocycles. The van der Waals surface area contributed by atoms with Gasteiger partial charge in [-0.2, -0.15) is 69.9 Å². The molecule has 33 heteroatoms. The number of phenolic OH excluding ortho intramolecular Hbond substituents is 1. The van der Waals surface area contributed by atoms with Gasteiger partial charge in [-0.25, -0.2) is 4.79 Å². The summed E-state index contributed by atoms with van der Waals surface area (Å²) in [5.41, 5.74) is -15.0.